The maximum atomic E-state index is 8.73. The second-order valence-corrected chi connectivity index (χ2v) is 3.06. The number of nitrogens with zero attached hydrogens (tertiary/aromatic N) is 1. The lowest BCUT2D eigenvalue weighted by Gasteiger charge is -2.06. The van der Waals surface area contributed by atoms with Gasteiger partial charge in [0.15, 0.2) is 0 Å². The first kappa shape index (κ1) is 10.6. The largest absolute Gasteiger partial charge is 0.383 e. The van der Waals surface area contributed by atoms with Crippen LogP contribution in [0.15, 0.2) is 18.2 Å². The summed E-state index contributed by atoms with van der Waals surface area (Å²) in [5.74, 6) is 0. The zero-order valence-corrected chi connectivity index (χ0v) is 8.50. The van der Waals surface area contributed by atoms with Gasteiger partial charge in [-0.1, -0.05) is 0 Å². The van der Waals surface area contributed by atoms with Crippen molar-refractivity contribution < 1.29 is 4.74 Å². The summed E-state index contributed by atoms with van der Waals surface area (Å²) in [6, 6.07) is 7.83. The monoisotopic (exact) mass is 190 g/mol. The Kier molecular flexibility index (Phi) is 3.96. The van der Waals surface area contributed by atoms with Crippen molar-refractivity contribution in [1.29, 1.82) is 5.26 Å². The lowest BCUT2D eigenvalue weighted by molar-refractivity contribution is 0.211. The van der Waals surface area contributed by atoms with E-state index in [0.717, 1.165) is 23.4 Å². The summed E-state index contributed by atoms with van der Waals surface area (Å²) < 4.78 is 4.92. The number of nitriles is 1. The van der Waals surface area contributed by atoms with Crippen LogP contribution in [0.3, 0.4) is 0 Å². The molecule has 0 fully saturated rings. The molecule has 0 aliphatic rings. The number of hydrogen-bond acceptors (Lipinski definition) is 3. The molecule has 0 amide bonds. The fourth-order valence-corrected chi connectivity index (χ4v) is 1.20. The molecule has 0 saturated heterocycles. The maximum Gasteiger partial charge on any atom is 0.0994 e. The van der Waals surface area contributed by atoms with E-state index < -0.39 is 0 Å². The van der Waals surface area contributed by atoms with Gasteiger partial charge in [-0.05, 0) is 30.7 Å². The normalized spacial score (nSPS) is 9.50. The summed E-state index contributed by atoms with van der Waals surface area (Å²) in [6.07, 6.45) is 0. The summed E-state index contributed by atoms with van der Waals surface area (Å²) in [6.45, 7) is 3.39. The third-order valence-electron chi connectivity index (χ3n) is 1.98. The van der Waals surface area contributed by atoms with Crippen LogP contribution in [-0.2, 0) is 4.74 Å². The van der Waals surface area contributed by atoms with Gasteiger partial charge >= 0.3 is 0 Å². The molecule has 0 bridgehead atoms. The predicted molar refractivity (Wildman–Crippen MR) is 56.3 cm³/mol. The zero-order valence-electron chi connectivity index (χ0n) is 8.50. The Morgan fingerprint density at radius 3 is 2.86 bits per heavy atom. The Morgan fingerprint density at radius 1 is 1.50 bits per heavy atom. The number of aryl methyl sites for hydroxylation is 1. The van der Waals surface area contributed by atoms with Crippen LogP contribution < -0.4 is 5.32 Å². The number of anilines is 1. The first-order chi connectivity index (χ1) is 6.77. The number of nitrogens with one attached hydrogen (secondary N) is 1. The number of hydrogen-bond donors (Lipinski definition) is 1. The van der Waals surface area contributed by atoms with E-state index in [4.69, 9.17) is 10.00 Å². The van der Waals surface area contributed by atoms with E-state index in [1.165, 1.54) is 0 Å². The summed E-state index contributed by atoms with van der Waals surface area (Å²) in [4.78, 5) is 0. The fraction of sp³-hybridized carbons (Fsp3) is 0.364. The average molecular weight is 190 g/mol. The zero-order chi connectivity index (χ0) is 10.4. The summed E-state index contributed by atoms with van der Waals surface area (Å²) >= 11 is 0. The van der Waals surface area contributed by atoms with Crippen molar-refractivity contribution in [1.82, 2.24) is 0 Å². The van der Waals surface area contributed by atoms with Gasteiger partial charge in [-0.15, -0.1) is 0 Å². The molecule has 1 aromatic carbocycles. The van der Waals surface area contributed by atoms with Crippen LogP contribution in [-0.4, -0.2) is 20.3 Å². The molecule has 74 valence electrons. The molecule has 0 atom stereocenters. The molecule has 0 saturated carbocycles. The van der Waals surface area contributed by atoms with Crippen LogP contribution in [0.4, 0.5) is 5.69 Å². The molecule has 0 heterocycles. The molecule has 0 aromatic heterocycles. The summed E-state index contributed by atoms with van der Waals surface area (Å²) in [7, 11) is 1.67. The lowest BCUT2D eigenvalue weighted by atomic mass is 10.1. The standard InChI is InChI=1S/C11H14N2O/c1-9-7-11(13-5-6-14-2)4-3-10(9)8-12/h3-4,7,13H,5-6H2,1-2H3. The molecular formula is C11H14N2O. The lowest BCUT2D eigenvalue weighted by Crippen LogP contribution is -2.07. The van der Waals surface area contributed by atoms with Crippen molar-refractivity contribution in [2.75, 3.05) is 25.6 Å². The highest BCUT2D eigenvalue weighted by Crippen LogP contribution is 2.13. The number of rotatable bonds is 4. The highest BCUT2D eigenvalue weighted by atomic mass is 16.5. The first-order valence-electron chi connectivity index (χ1n) is 4.51. The van der Waals surface area contributed by atoms with Gasteiger partial charge in [-0.3, -0.25) is 0 Å². The van der Waals surface area contributed by atoms with E-state index in [9.17, 15) is 0 Å². The Morgan fingerprint density at radius 2 is 2.29 bits per heavy atom. The van der Waals surface area contributed by atoms with Gasteiger partial charge in [0.2, 0.25) is 0 Å². The van der Waals surface area contributed by atoms with Gasteiger partial charge in [-0.2, -0.15) is 5.26 Å². The van der Waals surface area contributed by atoms with E-state index in [-0.39, 0.29) is 0 Å². The van der Waals surface area contributed by atoms with Gasteiger partial charge in [0.1, 0.15) is 0 Å². The van der Waals surface area contributed by atoms with Gasteiger partial charge in [0.05, 0.1) is 18.2 Å². The van der Waals surface area contributed by atoms with Crippen molar-refractivity contribution in [2.45, 2.75) is 6.92 Å². The Hall–Kier alpha value is -1.53. The highest BCUT2D eigenvalue weighted by Gasteiger charge is 1.97. The number of methoxy groups -OCH3 is 1. The van der Waals surface area contributed by atoms with E-state index in [2.05, 4.69) is 11.4 Å². The van der Waals surface area contributed by atoms with Crippen LogP contribution in [0, 0.1) is 18.3 Å². The molecule has 1 rings (SSSR count). The van der Waals surface area contributed by atoms with E-state index in [1.807, 2.05) is 25.1 Å². The molecule has 0 aliphatic heterocycles. The molecule has 0 radical (unpaired) electrons. The van der Waals surface area contributed by atoms with Crippen LogP contribution in [0.25, 0.3) is 0 Å². The molecule has 1 aromatic rings. The predicted octanol–water partition coefficient (Wildman–Crippen LogP) is 1.93. The first-order valence-corrected chi connectivity index (χ1v) is 4.51. The smallest absolute Gasteiger partial charge is 0.0994 e. The maximum absolute atomic E-state index is 8.73. The topological polar surface area (TPSA) is 45.0 Å². The second-order valence-electron chi connectivity index (χ2n) is 3.06. The van der Waals surface area contributed by atoms with Crippen molar-refractivity contribution in [3.63, 3.8) is 0 Å². The molecule has 3 nitrogen and oxygen atoms in total. The average Bonchev–Trinajstić information content (AvgIpc) is 2.18. The molecular weight excluding hydrogens is 176 g/mol. The highest BCUT2D eigenvalue weighted by molar-refractivity contribution is 5.51. The molecule has 0 aliphatic carbocycles. The van der Waals surface area contributed by atoms with Gasteiger partial charge < -0.3 is 10.1 Å². The Bertz CT molecular complexity index is 342. The minimum Gasteiger partial charge on any atom is -0.383 e. The summed E-state index contributed by atoms with van der Waals surface area (Å²) in [5.41, 5.74) is 2.75. The number of benzene rings is 1. The van der Waals surface area contributed by atoms with Crippen LogP contribution in [0.2, 0.25) is 0 Å². The van der Waals surface area contributed by atoms with E-state index in [1.54, 1.807) is 7.11 Å². The van der Waals surface area contributed by atoms with E-state index in [0.29, 0.717) is 6.61 Å². The quantitative estimate of drug-likeness (QED) is 0.738. The summed E-state index contributed by atoms with van der Waals surface area (Å²) in [5, 5.41) is 11.9. The number of ether oxygens (including phenoxy) is 1. The molecule has 14 heavy (non-hydrogen) atoms. The molecule has 3 heteroatoms. The third-order valence-corrected chi connectivity index (χ3v) is 1.98. The Labute approximate surface area is 84.3 Å². The SMILES string of the molecule is COCCNc1ccc(C#N)c(C)c1. The van der Waals surface area contributed by atoms with Crippen LogP contribution >= 0.6 is 0 Å². The second kappa shape index (κ2) is 5.25. The molecule has 0 spiro atoms. The van der Waals surface area contributed by atoms with Gasteiger partial charge in [-0.25, -0.2) is 0 Å². The molecule has 1 N–H and O–H groups in total. The minimum absolute atomic E-state index is 0.680. The van der Waals surface area contributed by atoms with Crippen molar-refractivity contribution in [2.24, 2.45) is 0 Å². The van der Waals surface area contributed by atoms with Gasteiger partial charge in [0, 0.05) is 19.3 Å². The fourth-order valence-electron chi connectivity index (χ4n) is 1.20. The minimum atomic E-state index is 0.680. The molecule has 0 unspecified atom stereocenters. The van der Waals surface area contributed by atoms with E-state index >= 15 is 0 Å². The van der Waals surface area contributed by atoms with Gasteiger partial charge in [0.25, 0.3) is 0 Å². The Balaban J connectivity index is 2.63. The van der Waals surface area contributed by atoms with Crippen LogP contribution in [0.1, 0.15) is 11.1 Å². The van der Waals surface area contributed by atoms with Crippen molar-refractivity contribution in [3.8, 4) is 6.07 Å². The third kappa shape index (κ3) is 2.75. The van der Waals surface area contributed by atoms with Crippen molar-refractivity contribution >= 4 is 5.69 Å². The van der Waals surface area contributed by atoms with Crippen LogP contribution in [0.5, 0.6) is 0 Å². The van der Waals surface area contributed by atoms with Crippen molar-refractivity contribution in [3.05, 3.63) is 29.3 Å².